The van der Waals surface area contributed by atoms with Gasteiger partial charge in [0, 0.05) is 33.7 Å². The summed E-state index contributed by atoms with van der Waals surface area (Å²) in [6, 6.07) is 65.4. The van der Waals surface area contributed by atoms with Crippen molar-refractivity contribution in [2.75, 3.05) is 0 Å². The fraction of sp³-hybridized carbons (Fsp3) is 0. The van der Waals surface area contributed by atoms with Crippen LogP contribution < -0.4 is 0 Å². The summed E-state index contributed by atoms with van der Waals surface area (Å²) < 4.78 is 4.74. The van der Waals surface area contributed by atoms with Crippen LogP contribution in [-0.4, -0.2) is 14.1 Å². The van der Waals surface area contributed by atoms with Crippen molar-refractivity contribution in [3.8, 4) is 44.8 Å². The second-order valence-electron chi connectivity index (χ2n) is 12.8. The molecule has 0 radical (unpaired) electrons. The van der Waals surface area contributed by atoms with E-state index in [-0.39, 0.29) is 0 Å². The molecule has 3 heteroatoms. The lowest BCUT2D eigenvalue weighted by molar-refractivity contribution is 1.18. The van der Waals surface area contributed by atoms with Crippen molar-refractivity contribution in [3.63, 3.8) is 0 Å². The van der Waals surface area contributed by atoms with E-state index in [1.54, 1.807) is 0 Å². The van der Waals surface area contributed by atoms with Gasteiger partial charge in [0.15, 0.2) is 0 Å². The smallest absolute Gasteiger partial charge is 0.0963 e. The predicted molar refractivity (Wildman–Crippen MR) is 209 cm³/mol. The van der Waals surface area contributed by atoms with Crippen LogP contribution in [0.1, 0.15) is 0 Å². The molecule has 0 aliphatic heterocycles. The number of aromatic nitrogens is 3. The molecule has 0 fully saturated rings. The molecule has 0 spiro atoms. The third-order valence-corrected chi connectivity index (χ3v) is 9.97. The Morgan fingerprint density at radius 3 is 1.76 bits per heavy atom. The Balaban J connectivity index is 1.15. The van der Waals surface area contributed by atoms with Crippen LogP contribution in [0, 0.1) is 0 Å². The lowest BCUT2D eigenvalue weighted by Gasteiger charge is -2.11. The van der Waals surface area contributed by atoms with E-state index in [4.69, 9.17) is 4.98 Å². The fourth-order valence-corrected chi connectivity index (χ4v) is 7.71. The zero-order chi connectivity index (χ0) is 33.0. The third kappa shape index (κ3) is 4.48. The number of rotatable bonds is 5. The molecule has 234 valence electrons. The summed E-state index contributed by atoms with van der Waals surface area (Å²) in [6.45, 7) is 0. The van der Waals surface area contributed by atoms with Gasteiger partial charge in [-0.25, -0.2) is 0 Å². The number of hydrogen-bond acceptors (Lipinski definition) is 1. The second-order valence-corrected chi connectivity index (χ2v) is 12.8. The van der Waals surface area contributed by atoms with Crippen molar-refractivity contribution in [2.24, 2.45) is 0 Å². The van der Waals surface area contributed by atoms with Gasteiger partial charge in [0.25, 0.3) is 0 Å². The summed E-state index contributed by atoms with van der Waals surface area (Å²) in [7, 11) is 0. The summed E-state index contributed by atoms with van der Waals surface area (Å²) in [5, 5.41) is 3.63. The molecule has 3 nitrogen and oxygen atoms in total. The molecule has 0 saturated carbocycles. The summed E-state index contributed by atoms with van der Waals surface area (Å²) in [5.74, 6) is 0. The molecule has 50 heavy (non-hydrogen) atoms. The van der Waals surface area contributed by atoms with E-state index in [1.807, 2.05) is 12.3 Å². The van der Waals surface area contributed by atoms with Crippen LogP contribution in [-0.2, 0) is 0 Å². The first-order valence-electron chi connectivity index (χ1n) is 17.1. The number of pyridine rings is 1. The highest BCUT2D eigenvalue weighted by Crippen LogP contribution is 2.41. The molecule has 3 heterocycles. The van der Waals surface area contributed by atoms with Gasteiger partial charge < -0.3 is 9.13 Å². The minimum absolute atomic E-state index is 1.00. The molecule has 0 atom stereocenters. The molecule has 0 aliphatic carbocycles. The topological polar surface area (TPSA) is 22.8 Å². The SMILES string of the molecule is c1ccc(-c2ccc(-n3c4ccccc4c4c(-c5ccc6c(c5)c5ncccc5n6-c5cccc(-c6ccccc6)c5)cccc43)cc2)cc1. The Bertz CT molecular complexity index is 2840. The molecule has 0 bridgehead atoms. The normalized spacial score (nSPS) is 11.6. The molecule has 0 N–H and O–H groups in total. The maximum atomic E-state index is 4.93. The number of fused-ring (bicyclic) bond motifs is 6. The maximum absolute atomic E-state index is 4.93. The summed E-state index contributed by atoms with van der Waals surface area (Å²) in [4.78, 5) is 4.93. The van der Waals surface area contributed by atoms with Gasteiger partial charge in [0.2, 0.25) is 0 Å². The Kier molecular flexibility index (Phi) is 6.49. The van der Waals surface area contributed by atoms with Gasteiger partial charge in [0.05, 0.1) is 27.6 Å². The van der Waals surface area contributed by atoms with E-state index in [1.165, 1.54) is 55.2 Å². The van der Waals surface area contributed by atoms with Gasteiger partial charge in [-0.3, -0.25) is 4.98 Å². The summed E-state index contributed by atoms with van der Waals surface area (Å²) in [6.07, 6.45) is 1.90. The highest BCUT2D eigenvalue weighted by atomic mass is 15.0. The average molecular weight is 638 g/mol. The van der Waals surface area contributed by atoms with Gasteiger partial charge in [0.1, 0.15) is 0 Å². The van der Waals surface area contributed by atoms with E-state index in [2.05, 4.69) is 185 Å². The molecule has 0 saturated heterocycles. The van der Waals surface area contributed by atoms with Gasteiger partial charge in [-0.05, 0) is 94.0 Å². The highest BCUT2D eigenvalue weighted by Gasteiger charge is 2.19. The van der Waals surface area contributed by atoms with Gasteiger partial charge in [-0.2, -0.15) is 0 Å². The van der Waals surface area contributed by atoms with Crippen molar-refractivity contribution in [1.82, 2.24) is 14.1 Å². The molecule has 10 aromatic rings. The van der Waals surface area contributed by atoms with Gasteiger partial charge >= 0.3 is 0 Å². The molecule has 10 rings (SSSR count). The molecule has 3 aromatic heterocycles. The van der Waals surface area contributed by atoms with Gasteiger partial charge in [-0.1, -0.05) is 121 Å². The van der Waals surface area contributed by atoms with Crippen molar-refractivity contribution in [3.05, 3.63) is 188 Å². The summed E-state index contributed by atoms with van der Waals surface area (Å²) in [5.41, 5.74) is 15.1. The molecule has 7 aromatic carbocycles. The van der Waals surface area contributed by atoms with Crippen LogP contribution in [0.4, 0.5) is 0 Å². The first-order chi connectivity index (χ1) is 24.8. The van der Waals surface area contributed by atoms with Crippen molar-refractivity contribution in [1.29, 1.82) is 0 Å². The molecular weight excluding hydrogens is 607 g/mol. The highest BCUT2D eigenvalue weighted by molar-refractivity contribution is 6.17. The molecule has 0 aliphatic rings. The van der Waals surface area contributed by atoms with Crippen LogP contribution >= 0.6 is 0 Å². The predicted octanol–water partition coefficient (Wildman–Crippen LogP) is 12.3. The first-order valence-corrected chi connectivity index (χ1v) is 17.1. The van der Waals surface area contributed by atoms with Crippen LogP contribution in [0.3, 0.4) is 0 Å². The molecular formula is C47H31N3. The van der Waals surface area contributed by atoms with Crippen molar-refractivity contribution < 1.29 is 0 Å². The maximum Gasteiger partial charge on any atom is 0.0963 e. The number of nitrogens with zero attached hydrogens (tertiary/aromatic N) is 3. The van der Waals surface area contributed by atoms with Crippen molar-refractivity contribution >= 4 is 43.7 Å². The number of para-hydroxylation sites is 1. The van der Waals surface area contributed by atoms with Gasteiger partial charge in [-0.15, -0.1) is 0 Å². The minimum atomic E-state index is 1.00. The van der Waals surface area contributed by atoms with Crippen molar-refractivity contribution in [2.45, 2.75) is 0 Å². The third-order valence-electron chi connectivity index (χ3n) is 9.97. The number of benzene rings is 7. The standard InChI is InChI=1S/C47H31N3/c1-3-12-32(13-4-1)34-23-26-37(27-24-34)49-42-20-8-7-18-40(42)46-39(19-10-21-44(46)49)36-25-28-43-41(31-36)47-45(22-11-29-48-47)50(43)38-17-9-16-35(30-38)33-14-5-2-6-15-33/h1-31H. The van der Waals surface area contributed by atoms with Crippen LogP contribution in [0.15, 0.2) is 188 Å². The zero-order valence-electron chi connectivity index (χ0n) is 27.2. The second kappa shape index (κ2) is 11.5. The first kappa shape index (κ1) is 28.3. The van der Waals surface area contributed by atoms with Crippen LogP contribution in [0.2, 0.25) is 0 Å². The van der Waals surface area contributed by atoms with E-state index < -0.39 is 0 Å². The Morgan fingerprint density at radius 2 is 0.940 bits per heavy atom. The molecule has 0 amide bonds. The Hall–Kier alpha value is -6.71. The van der Waals surface area contributed by atoms with E-state index in [0.717, 1.165) is 33.3 Å². The lowest BCUT2D eigenvalue weighted by Crippen LogP contribution is -1.94. The lowest BCUT2D eigenvalue weighted by atomic mass is 9.98. The summed E-state index contributed by atoms with van der Waals surface area (Å²) >= 11 is 0. The largest absolute Gasteiger partial charge is 0.309 e. The Morgan fingerprint density at radius 1 is 0.340 bits per heavy atom. The zero-order valence-corrected chi connectivity index (χ0v) is 27.2. The Labute approximate surface area is 290 Å². The average Bonchev–Trinajstić information content (AvgIpc) is 3.71. The van der Waals surface area contributed by atoms with E-state index in [9.17, 15) is 0 Å². The molecule has 0 unspecified atom stereocenters. The van der Waals surface area contributed by atoms with E-state index >= 15 is 0 Å². The van der Waals surface area contributed by atoms with E-state index in [0.29, 0.717) is 0 Å². The minimum Gasteiger partial charge on any atom is -0.309 e. The fourth-order valence-electron chi connectivity index (χ4n) is 7.71. The van der Waals surface area contributed by atoms with Crippen LogP contribution in [0.25, 0.3) is 88.5 Å². The monoisotopic (exact) mass is 637 g/mol. The number of hydrogen-bond donors (Lipinski definition) is 0. The van der Waals surface area contributed by atoms with Crippen LogP contribution in [0.5, 0.6) is 0 Å². The quantitative estimate of drug-likeness (QED) is 0.184.